The van der Waals surface area contributed by atoms with Gasteiger partial charge in [0.05, 0.1) is 6.10 Å². The maximum atomic E-state index is 11.1. The summed E-state index contributed by atoms with van der Waals surface area (Å²) in [6.07, 6.45) is 9.15. The Hall–Kier alpha value is -0.570. The van der Waals surface area contributed by atoms with Crippen molar-refractivity contribution in [2.75, 3.05) is 6.61 Å². The zero-order chi connectivity index (χ0) is 12.8. The number of carbonyl (C=O) groups excluding carboxylic acids is 1. The second kappa shape index (κ2) is 4.22. The van der Waals surface area contributed by atoms with Gasteiger partial charge in [-0.15, -0.1) is 0 Å². The first kappa shape index (κ1) is 12.5. The first-order valence-corrected chi connectivity index (χ1v) is 7.35. The highest BCUT2D eigenvalue weighted by Crippen LogP contribution is 2.59. The van der Waals surface area contributed by atoms with E-state index in [1.165, 1.54) is 39.0 Å². The molecule has 0 N–H and O–H groups in total. The van der Waals surface area contributed by atoms with Crippen LogP contribution in [0, 0.1) is 11.3 Å². The minimum absolute atomic E-state index is 0.157. The molecular weight excluding hydrogens is 228 g/mol. The summed E-state index contributed by atoms with van der Waals surface area (Å²) in [6, 6.07) is 0. The number of carbonyl (C=O) groups is 1. The van der Waals surface area contributed by atoms with E-state index in [0.29, 0.717) is 24.0 Å². The third kappa shape index (κ3) is 1.87. The lowest BCUT2D eigenvalue weighted by Gasteiger charge is -2.42. The Kier molecular flexibility index (Phi) is 2.92. The van der Waals surface area contributed by atoms with E-state index in [1.807, 2.05) is 0 Å². The molecule has 0 aromatic heterocycles. The van der Waals surface area contributed by atoms with Crippen LogP contribution in [0.4, 0.5) is 0 Å². The predicted molar refractivity (Wildman–Crippen MR) is 68.2 cm³/mol. The maximum absolute atomic E-state index is 11.1. The fourth-order valence-corrected chi connectivity index (χ4v) is 4.64. The average molecular weight is 252 g/mol. The number of ether oxygens (including phenoxy) is 2. The van der Waals surface area contributed by atoms with E-state index in [2.05, 4.69) is 6.92 Å². The van der Waals surface area contributed by atoms with Crippen molar-refractivity contribution in [1.29, 1.82) is 0 Å². The summed E-state index contributed by atoms with van der Waals surface area (Å²) in [5.74, 6) is 0.407. The van der Waals surface area contributed by atoms with Crippen molar-refractivity contribution in [3.63, 3.8) is 0 Å². The van der Waals surface area contributed by atoms with Gasteiger partial charge >= 0.3 is 5.97 Å². The zero-order valence-corrected chi connectivity index (χ0v) is 11.5. The van der Waals surface area contributed by atoms with Crippen molar-refractivity contribution in [3.8, 4) is 0 Å². The Bertz CT molecular complexity index is 346. The third-order valence-electron chi connectivity index (χ3n) is 5.53. The first-order valence-electron chi connectivity index (χ1n) is 7.35. The second-order valence-corrected chi connectivity index (χ2v) is 6.77. The van der Waals surface area contributed by atoms with Crippen molar-refractivity contribution in [2.24, 2.45) is 11.3 Å². The lowest BCUT2D eigenvalue weighted by molar-refractivity contribution is -0.153. The van der Waals surface area contributed by atoms with Gasteiger partial charge in [-0.25, -0.2) is 0 Å². The molecule has 18 heavy (non-hydrogen) atoms. The average Bonchev–Trinajstić information content (AvgIpc) is 3.00. The summed E-state index contributed by atoms with van der Waals surface area (Å²) in [5.41, 5.74) is 0.255. The number of hydrogen-bond acceptors (Lipinski definition) is 3. The Morgan fingerprint density at radius 2 is 2.06 bits per heavy atom. The molecule has 3 heteroatoms. The minimum Gasteiger partial charge on any atom is -0.463 e. The van der Waals surface area contributed by atoms with Crippen LogP contribution in [-0.4, -0.2) is 24.3 Å². The van der Waals surface area contributed by atoms with E-state index in [1.54, 1.807) is 0 Å². The summed E-state index contributed by atoms with van der Waals surface area (Å²) in [7, 11) is 0. The van der Waals surface area contributed by atoms with Crippen LogP contribution in [0.5, 0.6) is 0 Å². The molecule has 0 amide bonds. The van der Waals surface area contributed by atoms with E-state index in [4.69, 9.17) is 9.47 Å². The van der Waals surface area contributed by atoms with E-state index in [9.17, 15) is 4.79 Å². The van der Waals surface area contributed by atoms with E-state index in [-0.39, 0.29) is 11.6 Å². The highest BCUT2D eigenvalue weighted by atomic mass is 16.6. The zero-order valence-electron chi connectivity index (χ0n) is 11.5. The van der Waals surface area contributed by atoms with Crippen LogP contribution in [0.2, 0.25) is 0 Å². The number of fused-ring (bicyclic) bond motifs is 2. The Morgan fingerprint density at radius 3 is 2.67 bits per heavy atom. The maximum Gasteiger partial charge on any atom is 0.302 e. The van der Waals surface area contributed by atoms with Crippen molar-refractivity contribution in [1.82, 2.24) is 0 Å². The second-order valence-electron chi connectivity index (χ2n) is 6.77. The van der Waals surface area contributed by atoms with Gasteiger partial charge in [0.15, 0.2) is 0 Å². The monoisotopic (exact) mass is 252 g/mol. The fraction of sp³-hybridized carbons (Fsp3) is 0.933. The highest BCUT2D eigenvalue weighted by Gasteiger charge is 2.60. The Balaban J connectivity index is 1.79. The number of hydrogen-bond donors (Lipinski definition) is 0. The molecule has 3 rings (SSSR count). The van der Waals surface area contributed by atoms with E-state index in [0.717, 1.165) is 12.8 Å². The van der Waals surface area contributed by atoms with Gasteiger partial charge in [-0.2, -0.15) is 0 Å². The molecule has 3 aliphatic rings. The van der Waals surface area contributed by atoms with Gasteiger partial charge in [0, 0.05) is 6.92 Å². The number of rotatable bonds is 3. The predicted octanol–water partition coefficient (Wildman–Crippen LogP) is 3.07. The molecule has 3 nitrogen and oxygen atoms in total. The molecule has 0 spiro atoms. The SMILES string of the molecule is CC(=O)OCC12CCC(CC1C1(C)CCCC1)O2. The summed E-state index contributed by atoms with van der Waals surface area (Å²) in [6.45, 7) is 4.38. The van der Waals surface area contributed by atoms with Gasteiger partial charge in [-0.05, 0) is 43.4 Å². The van der Waals surface area contributed by atoms with Crippen LogP contribution in [0.25, 0.3) is 0 Å². The van der Waals surface area contributed by atoms with Crippen LogP contribution in [0.15, 0.2) is 0 Å². The van der Waals surface area contributed by atoms with E-state index < -0.39 is 0 Å². The highest BCUT2D eigenvalue weighted by molar-refractivity contribution is 5.66. The largest absolute Gasteiger partial charge is 0.463 e. The van der Waals surface area contributed by atoms with Gasteiger partial charge in [0.1, 0.15) is 12.2 Å². The number of esters is 1. The molecule has 3 fully saturated rings. The summed E-state index contributed by atoms with van der Waals surface area (Å²) < 4.78 is 11.5. The molecule has 3 unspecified atom stereocenters. The van der Waals surface area contributed by atoms with Crippen molar-refractivity contribution < 1.29 is 14.3 Å². The molecular formula is C15H24O3. The normalized spacial score (nSPS) is 41.2. The topological polar surface area (TPSA) is 35.5 Å². The lowest BCUT2D eigenvalue weighted by atomic mass is 9.63. The molecule has 2 bridgehead atoms. The van der Waals surface area contributed by atoms with Gasteiger partial charge in [0.25, 0.3) is 0 Å². The van der Waals surface area contributed by atoms with E-state index >= 15 is 0 Å². The Labute approximate surface area is 109 Å². The first-order chi connectivity index (χ1) is 8.54. The molecule has 1 saturated carbocycles. The van der Waals surface area contributed by atoms with Crippen LogP contribution in [0.3, 0.4) is 0 Å². The summed E-state index contributed by atoms with van der Waals surface area (Å²) in [4.78, 5) is 11.1. The molecule has 2 saturated heterocycles. The summed E-state index contributed by atoms with van der Waals surface area (Å²) >= 11 is 0. The quantitative estimate of drug-likeness (QED) is 0.724. The minimum atomic E-state index is -0.182. The lowest BCUT2D eigenvalue weighted by Crippen LogP contribution is -2.46. The molecule has 0 aromatic carbocycles. The van der Waals surface area contributed by atoms with Gasteiger partial charge in [-0.3, -0.25) is 4.79 Å². The molecule has 0 radical (unpaired) electrons. The molecule has 0 aromatic rings. The standard InChI is InChI=1S/C15H24O3/c1-11(16)17-10-15-8-5-12(18-15)9-13(15)14(2)6-3-4-7-14/h12-13H,3-10H2,1-2H3. The molecule has 2 aliphatic heterocycles. The van der Waals surface area contributed by atoms with Gasteiger partial charge in [-0.1, -0.05) is 19.8 Å². The molecule has 3 atom stereocenters. The van der Waals surface area contributed by atoms with Crippen LogP contribution < -0.4 is 0 Å². The van der Waals surface area contributed by atoms with Crippen molar-refractivity contribution >= 4 is 5.97 Å². The van der Waals surface area contributed by atoms with Gasteiger partial charge in [0.2, 0.25) is 0 Å². The third-order valence-corrected chi connectivity index (χ3v) is 5.53. The Morgan fingerprint density at radius 1 is 1.33 bits per heavy atom. The molecule has 1 aliphatic carbocycles. The van der Waals surface area contributed by atoms with Crippen LogP contribution in [0.1, 0.15) is 58.8 Å². The molecule has 102 valence electrons. The van der Waals surface area contributed by atoms with Crippen molar-refractivity contribution in [2.45, 2.75) is 70.5 Å². The molecule has 2 heterocycles. The van der Waals surface area contributed by atoms with Gasteiger partial charge < -0.3 is 9.47 Å². The van der Waals surface area contributed by atoms with Crippen LogP contribution in [-0.2, 0) is 14.3 Å². The smallest absolute Gasteiger partial charge is 0.302 e. The summed E-state index contributed by atoms with van der Waals surface area (Å²) in [5, 5.41) is 0. The van der Waals surface area contributed by atoms with Crippen LogP contribution >= 0.6 is 0 Å². The van der Waals surface area contributed by atoms with Crippen molar-refractivity contribution in [3.05, 3.63) is 0 Å². The fourth-order valence-electron chi connectivity index (χ4n) is 4.64.